The summed E-state index contributed by atoms with van der Waals surface area (Å²) in [5.41, 5.74) is 0.969. The van der Waals surface area contributed by atoms with Crippen molar-refractivity contribution in [3.05, 3.63) is 23.8 Å². The van der Waals surface area contributed by atoms with Gasteiger partial charge in [-0.15, -0.1) is 0 Å². The molecule has 0 bridgehead atoms. The molecule has 2 rings (SSSR count). The van der Waals surface area contributed by atoms with Crippen molar-refractivity contribution >= 4 is 5.91 Å². The van der Waals surface area contributed by atoms with Gasteiger partial charge in [-0.05, 0) is 25.8 Å². The average molecular weight is 248 g/mol. The first-order chi connectivity index (χ1) is 8.75. The fourth-order valence-corrected chi connectivity index (χ4v) is 2.14. The zero-order chi connectivity index (χ0) is 12.8. The minimum Gasteiger partial charge on any atom is -0.343 e. The molecule has 1 aliphatic heterocycles. The van der Waals surface area contributed by atoms with Gasteiger partial charge in [0.1, 0.15) is 5.82 Å². The van der Waals surface area contributed by atoms with Crippen molar-refractivity contribution in [2.45, 2.75) is 32.7 Å². The minimum absolute atomic E-state index is 0.263. The molecule has 1 fully saturated rings. The predicted octanol–water partition coefficient (Wildman–Crippen LogP) is 0.887. The first-order valence-corrected chi connectivity index (χ1v) is 6.53. The summed E-state index contributed by atoms with van der Waals surface area (Å²) in [5, 5.41) is 3.25. The Balaban J connectivity index is 1.65. The molecule has 0 aromatic carbocycles. The SMILES string of the molecule is Cc1nccc(CNCCC(=O)N2CCCC2)n1. The molecule has 1 amide bonds. The highest BCUT2D eigenvalue weighted by atomic mass is 16.2. The van der Waals surface area contributed by atoms with E-state index in [4.69, 9.17) is 0 Å². The molecular formula is C13H20N4O. The number of hydrogen-bond acceptors (Lipinski definition) is 4. The van der Waals surface area contributed by atoms with E-state index in [0.29, 0.717) is 19.5 Å². The van der Waals surface area contributed by atoms with Gasteiger partial charge in [-0.1, -0.05) is 0 Å². The van der Waals surface area contributed by atoms with Crippen LogP contribution in [0.4, 0.5) is 0 Å². The van der Waals surface area contributed by atoms with E-state index in [0.717, 1.165) is 37.4 Å². The van der Waals surface area contributed by atoms with E-state index in [1.807, 2.05) is 17.9 Å². The van der Waals surface area contributed by atoms with E-state index in [9.17, 15) is 4.79 Å². The van der Waals surface area contributed by atoms with Crippen LogP contribution in [0.2, 0.25) is 0 Å². The van der Waals surface area contributed by atoms with Crippen LogP contribution in [0.1, 0.15) is 30.8 Å². The lowest BCUT2D eigenvalue weighted by atomic mass is 10.3. The van der Waals surface area contributed by atoms with E-state index in [1.165, 1.54) is 0 Å². The summed E-state index contributed by atoms with van der Waals surface area (Å²) < 4.78 is 0. The Labute approximate surface area is 108 Å². The van der Waals surface area contributed by atoms with E-state index in [-0.39, 0.29) is 5.91 Å². The maximum atomic E-state index is 11.8. The Kier molecular flexibility index (Phi) is 4.64. The smallest absolute Gasteiger partial charge is 0.223 e. The van der Waals surface area contributed by atoms with Crippen LogP contribution >= 0.6 is 0 Å². The second kappa shape index (κ2) is 6.44. The number of aromatic nitrogens is 2. The first-order valence-electron chi connectivity index (χ1n) is 6.53. The van der Waals surface area contributed by atoms with Crippen LogP contribution in [-0.2, 0) is 11.3 Å². The molecule has 1 N–H and O–H groups in total. The van der Waals surface area contributed by atoms with Gasteiger partial charge >= 0.3 is 0 Å². The third-order valence-corrected chi connectivity index (χ3v) is 3.11. The number of hydrogen-bond donors (Lipinski definition) is 1. The van der Waals surface area contributed by atoms with Gasteiger partial charge in [0.05, 0.1) is 5.69 Å². The van der Waals surface area contributed by atoms with Crippen molar-refractivity contribution in [2.75, 3.05) is 19.6 Å². The summed E-state index contributed by atoms with van der Waals surface area (Å²) in [6, 6.07) is 1.89. The number of carbonyl (C=O) groups is 1. The number of nitrogens with zero attached hydrogens (tertiary/aromatic N) is 3. The summed E-state index contributed by atoms with van der Waals surface area (Å²) in [5.74, 6) is 1.04. The van der Waals surface area contributed by atoms with E-state index in [2.05, 4.69) is 15.3 Å². The van der Waals surface area contributed by atoms with Gasteiger partial charge < -0.3 is 10.2 Å². The largest absolute Gasteiger partial charge is 0.343 e. The summed E-state index contributed by atoms with van der Waals surface area (Å²) in [6.07, 6.45) is 4.64. The number of likely N-dealkylation sites (tertiary alicyclic amines) is 1. The lowest BCUT2D eigenvalue weighted by molar-refractivity contribution is -0.130. The third-order valence-electron chi connectivity index (χ3n) is 3.11. The standard InChI is InChI=1S/C13H20N4O/c1-11-15-7-4-12(16-11)10-14-6-5-13(18)17-8-2-3-9-17/h4,7,14H,2-3,5-6,8-10H2,1H3. The van der Waals surface area contributed by atoms with Crippen LogP contribution in [0, 0.1) is 6.92 Å². The predicted molar refractivity (Wildman–Crippen MR) is 68.9 cm³/mol. The maximum Gasteiger partial charge on any atom is 0.223 e. The quantitative estimate of drug-likeness (QED) is 0.786. The molecule has 1 saturated heterocycles. The lowest BCUT2D eigenvalue weighted by Crippen LogP contribution is -2.30. The van der Waals surface area contributed by atoms with Gasteiger partial charge in [0.2, 0.25) is 5.91 Å². The first kappa shape index (κ1) is 13.0. The molecule has 0 unspecified atom stereocenters. The van der Waals surface area contributed by atoms with Gasteiger partial charge in [-0.3, -0.25) is 4.79 Å². The molecule has 0 spiro atoms. The normalized spacial score (nSPS) is 15.1. The molecule has 0 aliphatic carbocycles. The molecule has 0 saturated carbocycles. The number of nitrogens with one attached hydrogen (secondary N) is 1. The zero-order valence-electron chi connectivity index (χ0n) is 10.9. The third kappa shape index (κ3) is 3.77. The number of rotatable bonds is 5. The molecule has 0 radical (unpaired) electrons. The molecule has 0 atom stereocenters. The van der Waals surface area contributed by atoms with Crippen LogP contribution in [0.3, 0.4) is 0 Å². The van der Waals surface area contributed by atoms with Crippen LogP contribution in [0.5, 0.6) is 0 Å². The number of amides is 1. The molecule has 2 heterocycles. The molecule has 1 aromatic rings. The Morgan fingerprint density at radius 1 is 1.44 bits per heavy atom. The van der Waals surface area contributed by atoms with Crippen molar-refractivity contribution in [2.24, 2.45) is 0 Å². The van der Waals surface area contributed by atoms with Crippen LogP contribution in [0.25, 0.3) is 0 Å². The van der Waals surface area contributed by atoms with Gasteiger partial charge in [-0.2, -0.15) is 0 Å². The molecule has 98 valence electrons. The Hall–Kier alpha value is -1.49. The van der Waals surface area contributed by atoms with Gasteiger partial charge in [-0.25, -0.2) is 9.97 Å². The Morgan fingerprint density at radius 3 is 2.94 bits per heavy atom. The zero-order valence-corrected chi connectivity index (χ0v) is 10.9. The van der Waals surface area contributed by atoms with Gasteiger partial charge in [0.25, 0.3) is 0 Å². The maximum absolute atomic E-state index is 11.8. The van der Waals surface area contributed by atoms with Crippen molar-refractivity contribution < 1.29 is 4.79 Å². The highest BCUT2D eigenvalue weighted by molar-refractivity contribution is 5.76. The highest BCUT2D eigenvalue weighted by Gasteiger charge is 2.16. The number of aryl methyl sites for hydroxylation is 1. The van der Waals surface area contributed by atoms with Gasteiger partial charge in [0, 0.05) is 38.8 Å². The fourth-order valence-electron chi connectivity index (χ4n) is 2.14. The second-order valence-electron chi connectivity index (χ2n) is 4.61. The monoisotopic (exact) mass is 248 g/mol. The fraction of sp³-hybridized carbons (Fsp3) is 0.615. The molecule has 5 nitrogen and oxygen atoms in total. The summed E-state index contributed by atoms with van der Waals surface area (Å²) in [4.78, 5) is 22.1. The number of carbonyl (C=O) groups excluding carboxylic acids is 1. The topological polar surface area (TPSA) is 58.1 Å². The van der Waals surface area contributed by atoms with Crippen molar-refractivity contribution in [3.63, 3.8) is 0 Å². The summed E-state index contributed by atoms with van der Waals surface area (Å²) in [6.45, 7) is 5.14. The lowest BCUT2D eigenvalue weighted by Gasteiger charge is -2.15. The molecular weight excluding hydrogens is 228 g/mol. The van der Waals surface area contributed by atoms with Crippen LogP contribution < -0.4 is 5.32 Å². The van der Waals surface area contributed by atoms with E-state index in [1.54, 1.807) is 6.20 Å². The highest BCUT2D eigenvalue weighted by Crippen LogP contribution is 2.08. The molecule has 5 heteroatoms. The van der Waals surface area contributed by atoms with Crippen molar-refractivity contribution in [3.8, 4) is 0 Å². The Bertz CT molecular complexity index is 402. The molecule has 18 heavy (non-hydrogen) atoms. The van der Waals surface area contributed by atoms with Crippen molar-refractivity contribution in [1.29, 1.82) is 0 Å². The van der Waals surface area contributed by atoms with E-state index < -0.39 is 0 Å². The minimum atomic E-state index is 0.263. The molecule has 1 aromatic heterocycles. The summed E-state index contributed by atoms with van der Waals surface area (Å²) in [7, 11) is 0. The summed E-state index contributed by atoms with van der Waals surface area (Å²) >= 11 is 0. The van der Waals surface area contributed by atoms with Crippen molar-refractivity contribution in [1.82, 2.24) is 20.2 Å². The Morgan fingerprint density at radius 2 is 2.22 bits per heavy atom. The molecule has 1 aliphatic rings. The second-order valence-corrected chi connectivity index (χ2v) is 4.61. The van der Waals surface area contributed by atoms with Crippen LogP contribution in [0.15, 0.2) is 12.3 Å². The van der Waals surface area contributed by atoms with Crippen LogP contribution in [-0.4, -0.2) is 40.4 Å². The average Bonchev–Trinajstić information content (AvgIpc) is 2.88. The van der Waals surface area contributed by atoms with E-state index >= 15 is 0 Å². The van der Waals surface area contributed by atoms with Gasteiger partial charge in [0.15, 0.2) is 0 Å².